The first-order valence-corrected chi connectivity index (χ1v) is 10.9. The molecule has 1 fully saturated rings. The molecular formula is C22H26N4O2S. The summed E-state index contributed by atoms with van der Waals surface area (Å²) in [5.41, 5.74) is 0.588. The van der Waals surface area contributed by atoms with E-state index in [1.807, 2.05) is 48.2 Å². The molecule has 3 aromatic rings. The Balaban J connectivity index is 1.60. The average molecular weight is 411 g/mol. The molecule has 1 amide bonds. The third-order valence-electron chi connectivity index (χ3n) is 5.66. The van der Waals surface area contributed by atoms with Gasteiger partial charge in [0.25, 0.3) is 5.56 Å². The van der Waals surface area contributed by atoms with Gasteiger partial charge in [0.2, 0.25) is 5.91 Å². The van der Waals surface area contributed by atoms with Gasteiger partial charge in [-0.2, -0.15) is 0 Å². The van der Waals surface area contributed by atoms with E-state index in [0.29, 0.717) is 16.1 Å². The van der Waals surface area contributed by atoms with E-state index in [1.165, 1.54) is 11.8 Å². The van der Waals surface area contributed by atoms with Crippen LogP contribution in [0.1, 0.15) is 13.8 Å². The van der Waals surface area contributed by atoms with Crippen molar-refractivity contribution in [2.45, 2.75) is 24.3 Å². The van der Waals surface area contributed by atoms with E-state index in [2.05, 4.69) is 11.8 Å². The first-order chi connectivity index (χ1) is 14.0. The van der Waals surface area contributed by atoms with Crippen LogP contribution in [0.3, 0.4) is 0 Å². The van der Waals surface area contributed by atoms with E-state index >= 15 is 0 Å². The third-order valence-corrected chi connectivity index (χ3v) is 6.79. The highest BCUT2D eigenvalue weighted by Crippen LogP contribution is 2.25. The van der Waals surface area contributed by atoms with E-state index in [4.69, 9.17) is 4.98 Å². The lowest BCUT2D eigenvalue weighted by Crippen LogP contribution is -2.50. The Morgan fingerprint density at radius 3 is 2.45 bits per heavy atom. The number of fused-ring (bicyclic) bond motifs is 2. The van der Waals surface area contributed by atoms with Crippen LogP contribution in [0.4, 0.5) is 0 Å². The molecule has 152 valence electrons. The molecule has 0 N–H and O–H groups in total. The zero-order valence-electron chi connectivity index (χ0n) is 17.1. The lowest BCUT2D eigenvalue weighted by atomic mass is 10.1. The Labute approximate surface area is 174 Å². The number of nitrogens with zero attached hydrogens (tertiary/aromatic N) is 4. The van der Waals surface area contributed by atoms with Gasteiger partial charge in [0.15, 0.2) is 5.16 Å². The van der Waals surface area contributed by atoms with Crippen LogP contribution in [0.2, 0.25) is 0 Å². The first kappa shape index (κ1) is 19.9. The molecule has 1 aliphatic rings. The quantitative estimate of drug-likeness (QED) is 0.376. The number of aromatic nitrogens is 2. The number of rotatable bonds is 4. The SMILES string of the molecule is CCN1CCN(C(=O)[C@@H](C)Sc2nc3cc4ccccc4cc3c(=O)n2C)CC1. The maximum atomic E-state index is 12.9. The molecule has 6 nitrogen and oxygen atoms in total. The summed E-state index contributed by atoms with van der Waals surface area (Å²) >= 11 is 1.36. The molecule has 0 spiro atoms. The van der Waals surface area contributed by atoms with Gasteiger partial charge in [0.1, 0.15) is 0 Å². The Kier molecular flexibility index (Phi) is 5.61. The van der Waals surface area contributed by atoms with Crippen molar-refractivity contribution in [1.29, 1.82) is 0 Å². The van der Waals surface area contributed by atoms with Gasteiger partial charge in [-0.1, -0.05) is 43.0 Å². The molecule has 2 aromatic carbocycles. The van der Waals surface area contributed by atoms with Crippen LogP contribution in [0, 0.1) is 0 Å². The second-order valence-corrected chi connectivity index (χ2v) is 8.80. The zero-order valence-corrected chi connectivity index (χ0v) is 17.9. The normalized spacial score (nSPS) is 16.4. The predicted octanol–water partition coefficient (Wildman–Crippen LogP) is 2.73. The number of carbonyl (C=O) groups excluding carboxylic acids is 1. The van der Waals surface area contributed by atoms with E-state index in [0.717, 1.165) is 43.5 Å². The van der Waals surface area contributed by atoms with E-state index in [1.54, 1.807) is 11.6 Å². The van der Waals surface area contributed by atoms with Crippen LogP contribution in [0.15, 0.2) is 46.3 Å². The summed E-state index contributed by atoms with van der Waals surface area (Å²) in [4.78, 5) is 34.8. The largest absolute Gasteiger partial charge is 0.339 e. The summed E-state index contributed by atoms with van der Waals surface area (Å²) in [6.45, 7) is 8.41. The molecule has 0 unspecified atom stereocenters. The Morgan fingerprint density at radius 2 is 1.79 bits per heavy atom. The fourth-order valence-corrected chi connectivity index (χ4v) is 4.75. The number of hydrogen-bond acceptors (Lipinski definition) is 5. The minimum absolute atomic E-state index is 0.0838. The van der Waals surface area contributed by atoms with Crippen LogP contribution in [0.5, 0.6) is 0 Å². The van der Waals surface area contributed by atoms with E-state index in [9.17, 15) is 9.59 Å². The van der Waals surface area contributed by atoms with Crippen molar-refractivity contribution in [3.05, 3.63) is 46.8 Å². The highest BCUT2D eigenvalue weighted by molar-refractivity contribution is 8.00. The molecule has 1 saturated heterocycles. The number of benzene rings is 2. The van der Waals surface area contributed by atoms with Gasteiger partial charge in [0.05, 0.1) is 16.2 Å². The van der Waals surface area contributed by atoms with Crippen LogP contribution in [0.25, 0.3) is 21.7 Å². The van der Waals surface area contributed by atoms with Gasteiger partial charge in [0, 0.05) is 33.2 Å². The lowest BCUT2D eigenvalue weighted by molar-refractivity contribution is -0.132. The first-order valence-electron chi connectivity index (χ1n) is 10.0. The van der Waals surface area contributed by atoms with Gasteiger partial charge in [-0.15, -0.1) is 0 Å². The maximum Gasteiger partial charge on any atom is 0.261 e. The third kappa shape index (κ3) is 3.89. The van der Waals surface area contributed by atoms with Crippen molar-refractivity contribution in [2.24, 2.45) is 7.05 Å². The molecular weight excluding hydrogens is 384 g/mol. The zero-order chi connectivity index (χ0) is 20.5. The van der Waals surface area contributed by atoms with Crippen LogP contribution >= 0.6 is 11.8 Å². The fraction of sp³-hybridized carbons (Fsp3) is 0.409. The standard InChI is InChI=1S/C22H26N4O2S/c1-4-25-9-11-26(12-10-25)20(27)15(2)29-22-23-19-14-17-8-6-5-7-16(17)13-18(19)21(28)24(22)3/h5-8,13-15H,4,9-12H2,1-3H3/t15-/m1/s1. The number of hydrogen-bond donors (Lipinski definition) is 0. The second kappa shape index (κ2) is 8.16. The number of thioether (sulfide) groups is 1. The molecule has 4 rings (SSSR count). The molecule has 0 aliphatic carbocycles. The molecule has 0 saturated carbocycles. The Bertz CT molecular complexity index is 1120. The summed E-state index contributed by atoms with van der Waals surface area (Å²) in [6, 6.07) is 11.8. The number of likely N-dealkylation sites (N-methyl/N-ethyl adjacent to an activating group) is 1. The van der Waals surface area contributed by atoms with E-state index in [-0.39, 0.29) is 16.7 Å². The van der Waals surface area contributed by atoms with Crippen molar-refractivity contribution in [1.82, 2.24) is 19.4 Å². The van der Waals surface area contributed by atoms with Gasteiger partial charge >= 0.3 is 0 Å². The average Bonchev–Trinajstić information content (AvgIpc) is 2.75. The molecule has 0 bridgehead atoms. The Morgan fingerprint density at radius 1 is 1.14 bits per heavy atom. The maximum absolute atomic E-state index is 12.9. The van der Waals surface area contributed by atoms with Crippen LogP contribution in [-0.4, -0.2) is 63.2 Å². The van der Waals surface area contributed by atoms with Crippen molar-refractivity contribution < 1.29 is 4.79 Å². The molecule has 1 aliphatic heterocycles. The number of amides is 1. The van der Waals surface area contributed by atoms with Gasteiger partial charge < -0.3 is 9.80 Å². The van der Waals surface area contributed by atoms with Crippen LogP contribution in [-0.2, 0) is 11.8 Å². The smallest absolute Gasteiger partial charge is 0.261 e. The van der Waals surface area contributed by atoms with E-state index < -0.39 is 0 Å². The van der Waals surface area contributed by atoms with Crippen molar-refractivity contribution in [2.75, 3.05) is 32.7 Å². The number of piperazine rings is 1. The lowest BCUT2D eigenvalue weighted by Gasteiger charge is -2.35. The monoisotopic (exact) mass is 410 g/mol. The summed E-state index contributed by atoms with van der Waals surface area (Å²) in [6.07, 6.45) is 0. The minimum Gasteiger partial charge on any atom is -0.339 e. The van der Waals surface area contributed by atoms with Crippen molar-refractivity contribution in [3.63, 3.8) is 0 Å². The molecule has 7 heteroatoms. The van der Waals surface area contributed by atoms with Crippen molar-refractivity contribution in [3.8, 4) is 0 Å². The molecule has 1 atom stereocenters. The predicted molar refractivity (Wildman–Crippen MR) is 119 cm³/mol. The highest BCUT2D eigenvalue weighted by atomic mass is 32.2. The summed E-state index contributed by atoms with van der Waals surface area (Å²) < 4.78 is 1.56. The van der Waals surface area contributed by atoms with Gasteiger partial charge in [-0.25, -0.2) is 4.98 Å². The second-order valence-electron chi connectivity index (χ2n) is 7.49. The molecule has 29 heavy (non-hydrogen) atoms. The molecule has 0 radical (unpaired) electrons. The van der Waals surface area contributed by atoms with Gasteiger partial charge in [-0.3, -0.25) is 14.2 Å². The number of carbonyl (C=O) groups is 1. The Hall–Kier alpha value is -2.38. The van der Waals surface area contributed by atoms with Crippen LogP contribution < -0.4 is 5.56 Å². The summed E-state index contributed by atoms with van der Waals surface area (Å²) in [5.74, 6) is 0.110. The summed E-state index contributed by atoms with van der Waals surface area (Å²) in [7, 11) is 1.73. The fourth-order valence-electron chi connectivity index (χ4n) is 3.79. The van der Waals surface area contributed by atoms with Gasteiger partial charge in [-0.05, 0) is 36.4 Å². The topological polar surface area (TPSA) is 58.4 Å². The molecule has 2 heterocycles. The summed E-state index contributed by atoms with van der Waals surface area (Å²) in [5, 5.41) is 2.96. The van der Waals surface area contributed by atoms with Crippen molar-refractivity contribution >= 4 is 39.3 Å². The minimum atomic E-state index is -0.292. The molecule has 1 aromatic heterocycles. The highest BCUT2D eigenvalue weighted by Gasteiger charge is 2.26.